The maximum absolute atomic E-state index is 10.5. The molecular weight excluding hydrogens is 371 g/mol. The van der Waals surface area contributed by atoms with E-state index < -0.39 is 16.2 Å². The molecule has 4 nitrogen and oxygen atoms in total. The van der Waals surface area contributed by atoms with Crippen LogP contribution in [0.15, 0.2) is 0 Å². The van der Waals surface area contributed by atoms with Crippen LogP contribution in [0.4, 0.5) is 0 Å². The van der Waals surface area contributed by atoms with E-state index in [1.54, 1.807) is 0 Å². The predicted octanol–water partition coefficient (Wildman–Crippen LogP) is 1.77. The van der Waals surface area contributed by atoms with Gasteiger partial charge >= 0.3 is 29.6 Å². The zero-order valence-corrected chi connectivity index (χ0v) is 20.1. The van der Waals surface area contributed by atoms with Crippen molar-refractivity contribution < 1.29 is 47.6 Å². The Morgan fingerprint density at radius 3 is 1.85 bits per heavy atom. The summed E-state index contributed by atoms with van der Waals surface area (Å²) in [5.74, 6) is 6.39. The molecular formula is C21H37NaO4S. The summed E-state index contributed by atoms with van der Waals surface area (Å²) in [6.07, 6.45) is 17.3. The van der Waals surface area contributed by atoms with Gasteiger partial charge in [-0.2, -0.15) is 0 Å². The molecule has 0 bridgehead atoms. The van der Waals surface area contributed by atoms with Gasteiger partial charge in [0.05, 0.1) is 10.1 Å². The Labute approximate surface area is 189 Å². The SMILES string of the molecule is O=S(=O)([O-])CCCCCCCCCCCCC#C[C@@H](O)C1CCCCC1.[Na+]. The van der Waals surface area contributed by atoms with Gasteiger partial charge in [-0.1, -0.05) is 76.5 Å². The summed E-state index contributed by atoms with van der Waals surface area (Å²) in [4.78, 5) is 0. The Hall–Kier alpha value is 0.430. The van der Waals surface area contributed by atoms with Crippen LogP contribution in [0.2, 0.25) is 0 Å². The number of rotatable bonds is 13. The van der Waals surface area contributed by atoms with Crippen LogP contribution in [0.1, 0.15) is 103 Å². The van der Waals surface area contributed by atoms with Gasteiger partial charge in [-0.25, -0.2) is 8.42 Å². The van der Waals surface area contributed by atoms with Gasteiger partial charge in [0.2, 0.25) is 0 Å². The second kappa shape index (κ2) is 17.3. The van der Waals surface area contributed by atoms with E-state index in [4.69, 9.17) is 0 Å². The Kier molecular flexibility index (Phi) is 17.6. The molecule has 1 N–H and O–H groups in total. The molecule has 0 amide bonds. The number of aliphatic hydroxyl groups excluding tert-OH is 1. The topological polar surface area (TPSA) is 77.4 Å². The molecule has 0 aromatic rings. The summed E-state index contributed by atoms with van der Waals surface area (Å²) < 4.78 is 31.4. The van der Waals surface area contributed by atoms with Crippen molar-refractivity contribution in [2.24, 2.45) is 5.92 Å². The first-order valence-electron chi connectivity index (χ1n) is 10.6. The third-order valence-corrected chi connectivity index (χ3v) is 6.08. The molecule has 1 atom stereocenters. The van der Waals surface area contributed by atoms with Crippen LogP contribution in [0.5, 0.6) is 0 Å². The van der Waals surface area contributed by atoms with E-state index in [1.807, 2.05) is 0 Å². The van der Waals surface area contributed by atoms with Gasteiger partial charge in [0.15, 0.2) is 0 Å². The van der Waals surface area contributed by atoms with E-state index in [1.165, 1.54) is 51.4 Å². The van der Waals surface area contributed by atoms with Crippen LogP contribution >= 0.6 is 0 Å². The average molecular weight is 409 g/mol. The van der Waals surface area contributed by atoms with E-state index in [0.29, 0.717) is 12.3 Å². The molecule has 1 aliphatic rings. The van der Waals surface area contributed by atoms with Crippen molar-refractivity contribution >= 4 is 10.1 Å². The van der Waals surface area contributed by atoms with Gasteiger partial charge in [0, 0.05) is 12.2 Å². The molecule has 1 aliphatic carbocycles. The van der Waals surface area contributed by atoms with Gasteiger partial charge in [-0.15, -0.1) is 5.92 Å². The largest absolute Gasteiger partial charge is 1.00 e. The van der Waals surface area contributed by atoms with Crippen molar-refractivity contribution in [2.45, 2.75) is 109 Å². The Morgan fingerprint density at radius 2 is 1.33 bits per heavy atom. The number of unbranched alkanes of at least 4 members (excludes halogenated alkanes) is 10. The molecule has 1 saturated carbocycles. The zero-order chi connectivity index (χ0) is 19.1. The molecule has 0 saturated heterocycles. The fraction of sp³-hybridized carbons (Fsp3) is 0.905. The molecule has 1 rings (SSSR count). The Bertz CT molecular complexity index is 504. The molecule has 0 aromatic carbocycles. The van der Waals surface area contributed by atoms with E-state index in [-0.39, 0.29) is 35.3 Å². The van der Waals surface area contributed by atoms with E-state index >= 15 is 0 Å². The zero-order valence-electron chi connectivity index (χ0n) is 17.3. The van der Waals surface area contributed by atoms with Crippen LogP contribution in [0, 0.1) is 17.8 Å². The first-order chi connectivity index (χ1) is 12.5. The van der Waals surface area contributed by atoms with Crippen molar-refractivity contribution in [3.8, 4) is 11.8 Å². The second-order valence-electron chi connectivity index (χ2n) is 7.71. The fourth-order valence-electron chi connectivity index (χ4n) is 3.65. The number of aliphatic hydroxyl groups is 1. The van der Waals surface area contributed by atoms with Crippen molar-refractivity contribution in [3.05, 3.63) is 0 Å². The summed E-state index contributed by atoms with van der Waals surface area (Å²) in [5, 5.41) is 10.1. The molecule has 0 aromatic heterocycles. The molecule has 27 heavy (non-hydrogen) atoms. The van der Waals surface area contributed by atoms with Crippen molar-refractivity contribution in [3.63, 3.8) is 0 Å². The first kappa shape index (κ1) is 27.4. The minimum Gasteiger partial charge on any atom is -0.748 e. The van der Waals surface area contributed by atoms with Crippen LogP contribution in [0.25, 0.3) is 0 Å². The van der Waals surface area contributed by atoms with Crippen LogP contribution in [0.3, 0.4) is 0 Å². The minimum atomic E-state index is -4.02. The third-order valence-electron chi connectivity index (χ3n) is 5.29. The van der Waals surface area contributed by atoms with Crippen LogP contribution < -0.4 is 29.6 Å². The van der Waals surface area contributed by atoms with Gasteiger partial charge in [-0.3, -0.25) is 0 Å². The molecule has 0 radical (unpaired) electrons. The molecule has 0 unspecified atom stereocenters. The smallest absolute Gasteiger partial charge is 0.748 e. The van der Waals surface area contributed by atoms with Crippen molar-refractivity contribution in [2.75, 3.05) is 5.75 Å². The summed E-state index contributed by atoms with van der Waals surface area (Å²) >= 11 is 0. The molecule has 1 fully saturated rings. The number of hydrogen-bond acceptors (Lipinski definition) is 4. The van der Waals surface area contributed by atoms with E-state index in [9.17, 15) is 18.1 Å². The van der Waals surface area contributed by atoms with Gasteiger partial charge in [0.25, 0.3) is 0 Å². The summed E-state index contributed by atoms with van der Waals surface area (Å²) in [6.45, 7) is 0. The van der Waals surface area contributed by atoms with E-state index in [2.05, 4.69) is 11.8 Å². The monoisotopic (exact) mass is 408 g/mol. The molecule has 0 heterocycles. The Morgan fingerprint density at radius 1 is 0.852 bits per heavy atom. The van der Waals surface area contributed by atoms with Gasteiger partial charge in [-0.05, 0) is 31.6 Å². The predicted molar refractivity (Wildman–Crippen MR) is 106 cm³/mol. The van der Waals surface area contributed by atoms with Crippen LogP contribution in [-0.2, 0) is 10.1 Å². The summed E-state index contributed by atoms with van der Waals surface area (Å²) in [5.41, 5.74) is 0. The first-order valence-corrected chi connectivity index (χ1v) is 12.2. The standard InChI is InChI=1S/C21H38O4S.Na/c22-21(20-16-12-11-13-17-20)18-14-9-7-5-3-1-2-4-6-8-10-15-19-26(23,24)25;/h20-22H,1-13,15-17,19H2,(H,23,24,25);/q;+1/p-1/t21-;/m1./s1. The van der Waals surface area contributed by atoms with Crippen molar-refractivity contribution in [1.29, 1.82) is 0 Å². The maximum Gasteiger partial charge on any atom is 1.00 e. The Balaban J connectivity index is 0.00000676. The summed E-state index contributed by atoms with van der Waals surface area (Å²) in [6, 6.07) is 0. The summed E-state index contributed by atoms with van der Waals surface area (Å²) in [7, 11) is -4.02. The average Bonchev–Trinajstić information content (AvgIpc) is 2.61. The fourth-order valence-corrected chi connectivity index (χ4v) is 4.21. The van der Waals surface area contributed by atoms with Gasteiger partial charge in [0.1, 0.15) is 6.10 Å². The minimum absolute atomic E-state index is 0. The second-order valence-corrected chi connectivity index (χ2v) is 9.23. The van der Waals surface area contributed by atoms with Crippen LogP contribution in [-0.4, -0.2) is 29.9 Å². The molecule has 0 spiro atoms. The van der Waals surface area contributed by atoms with E-state index in [0.717, 1.165) is 44.9 Å². The molecule has 152 valence electrons. The van der Waals surface area contributed by atoms with Gasteiger partial charge < -0.3 is 9.66 Å². The number of hydrogen-bond donors (Lipinski definition) is 1. The van der Waals surface area contributed by atoms with Crippen molar-refractivity contribution in [1.82, 2.24) is 0 Å². The third kappa shape index (κ3) is 17.0. The molecule has 0 aliphatic heterocycles. The molecule has 6 heteroatoms. The maximum atomic E-state index is 10.5. The normalized spacial score (nSPS) is 16.2. The quantitative estimate of drug-likeness (QED) is 0.218.